The summed E-state index contributed by atoms with van der Waals surface area (Å²) < 4.78 is 26.8. The molecule has 0 radical (unpaired) electrons. The highest BCUT2D eigenvalue weighted by atomic mass is 16.6. The first-order chi connectivity index (χ1) is 23.3. The van der Waals surface area contributed by atoms with Crippen molar-refractivity contribution in [1.82, 2.24) is 39.4 Å². The third-order valence-electron chi connectivity index (χ3n) is 8.22. The summed E-state index contributed by atoms with van der Waals surface area (Å²) in [5.41, 5.74) is -1.39. The van der Waals surface area contributed by atoms with Crippen LogP contribution in [0.3, 0.4) is 0 Å². The minimum atomic E-state index is -1.19. The van der Waals surface area contributed by atoms with Gasteiger partial charge in [-0.3, -0.25) is 38.3 Å². The monoisotopic (exact) mass is 688 g/mol. The number of amides is 1. The number of aliphatic carboxylic acids is 1. The first-order valence-electron chi connectivity index (χ1n) is 15.5. The highest BCUT2D eigenvalue weighted by Crippen LogP contribution is 2.37. The number of H-pyrrole nitrogens is 2. The Morgan fingerprint density at radius 2 is 1.55 bits per heavy atom. The number of rotatable bonds is 12. The van der Waals surface area contributed by atoms with Crippen molar-refractivity contribution in [3.8, 4) is 0 Å². The molecule has 0 spiro atoms. The lowest BCUT2D eigenvalue weighted by molar-refractivity contribution is -0.155. The maximum absolute atomic E-state index is 12.6. The van der Waals surface area contributed by atoms with E-state index in [0.29, 0.717) is 24.1 Å². The van der Waals surface area contributed by atoms with Crippen LogP contribution in [0.25, 0.3) is 0 Å². The number of esters is 1. The fourth-order valence-electron chi connectivity index (χ4n) is 5.64. The molecule has 0 aliphatic carbocycles. The summed E-state index contributed by atoms with van der Waals surface area (Å²) in [6.45, 7) is 4.54. The molecule has 5 rings (SSSR count). The molecule has 3 aromatic heterocycles. The number of aryl methyl sites for hydroxylation is 2. The van der Waals surface area contributed by atoms with Gasteiger partial charge >= 0.3 is 29.4 Å². The summed E-state index contributed by atoms with van der Waals surface area (Å²) >= 11 is 0. The largest absolute Gasteiger partial charge is 0.481 e. The Kier molecular flexibility index (Phi) is 10.6. The second-order valence-electron chi connectivity index (χ2n) is 11.7. The smallest absolute Gasteiger partial charge is 0.407 e. The van der Waals surface area contributed by atoms with E-state index in [-0.39, 0.29) is 30.7 Å². The number of hydrogen-bond donors (Lipinski definition) is 4. The van der Waals surface area contributed by atoms with E-state index < -0.39 is 84.6 Å². The highest BCUT2D eigenvalue weighted by molar-refractivity contribution is 5.76. The number of carbonyl (C=O) groups excluding carboxylic acids is 2. The van der Waals surface area contributed by atoms with E-state index in [1.165, 1.54) is 23.9 Å². The SMILES string of the molecule is CC[C@H]1O[C@@H](n2cc(C)c(=O)[nH]c2=O)C[C@H]1n1cc(CNC(=O)OC[C@H]2O[C@@H](n3cc(C)c(=O)[nH]c3=O)C[C@H]2OC(=O)CCC(=O)O)nn1. The number of hydrogen-bond acceptors (Lipinski definition) is 13. The van der Waals surface area contributed by atoms with E-state index in [2.05, 4.69) is 25.6 Å². The van der Waals surface area contributed by atoms with Crippen LogP contribution in [0.5, 0.6) is 0 Å². The van der Waals surface area contributed by atoms with Gasteiger partial charge in [0.2, 0.25) is 0 Å². The zero-order chi connectivity index (χ0) is 35.4. The molecule has 2 fully saturated rings. The van der Waals surface area contributed by atoms with Crippen LogP contribution in [0.15, 0.2) is 37.8 Å². The van der Waals surface area contributed by atoms with Crippen LogP contribution in [-0.2, 0) is 35.1 Å². The second kappa shape index (κ2) is 14.8. The summed E-state index contributed by atoms with van der Waals surface area (Å²) in [5, 5.41) is 19.7. The van der Waals surface area contributed by atoms with Crippen LogP contribution < -0.4 is 27.8 Å². The summed E-state index contributed by atoms with van der Waals surface area (Å²) in [7, 11) is 0. The maximum Gasteiger partial charge on any atom is 0.407 e. The maximum atomic E-state index is 12.6. The average molecular weight is 689 g/mol. The summed E-state index contributed by atoms with van der Waals surface area (Å²) in [6.07, 6.45) is -0.356. The Bertz CT molecular complexity index is 1940. The average Bonchev–Trinajstić information content (AvgIpc) is 3.80. The van der Waals surface area contributed by atoms with E-state index >= 15 is 0 Å². The van der Waals surface area contributed by atoms with Gasteiger partial charge in [0.05, 0.1) is 37.7 Å². The Hall–Kier alpha value is -5.37. The zero-order valence-electron chi connectivity index (χ0n) is 26.8. The summed E-state index contributed by atoms with van der Waals surface area (Å²) in [6, 6.07) is -0.288. The van der Waals surface area contributed by atoms with Crippen molar-refractivity contribution in [3.63, 3.8) is 0 Å². The zero-order valence-corrected chi connectivity index (χ0v) is 26.8. The standard InChI is InChI=1S/C29H36N8O12/c1-4-18-17(7-21(47-18)35-10-14(2)25(41)31-27(35)43)37-12-16(33-34-37)9-30-29(45)46-13-20-19(49-24(40)6-5-23(38)39)8-22(48-20)36-11-15(3)26(42)32-28(36)44/h10-12,17-22H,4-9,13H2,1-3H3,(H,30,45)(H,38,39)(H,31,41,43)(H,32,42,44)/t17-,18-,19-,20-,21-,22-/m1/s1. The molecule has 4 N–H and O–H groups in total. The van der Waals surface area contributed by atoms with Crippen LogP contribution in [-0.4, -0.2) is 82.2 Å². The predicted molar refractivity (Wildman–Crippen MR) is 163 cm³/mol. The van der Waals surface area contributed by atoms with Crippen LogP contribution in [0.4, 0.5) is 4.79 Å². The Morgan fingerprint density at radius 1 is 0.939 bits per heavy atom. The number of carbonyl (C=O) groups is 3. The molecule has 20 heteroatoms. The number of carboxylic acid groups (broad SMARTS) is 1. The topological polar surface area (TPSA) is 261 Å². The molecular formula is C29H36N8O12. The lowest BCUT2D eigenvalue weighted by atomic mass is 10.1. The molecule has 5 heterocycles. The van der Waals surface area contributed by atoms with Crippen molar-refractivity contribution in [3.05, 3.63) is 77.1 Å². The third-order valence-corrected chi connectivity index (χ3v) is 8.22. The van der Waals surface area contributed by atoms with Crippen molar-refractivity contribution in [2.45, 2.75) is 96.2 Å². The normalized spacial score (nSPS) is 23.3. The molecule has 2 aliphatic heterocycles. The van der Waals surface area contributed by atoms with Crippen LogP contribution in [0.1, 0.15) is 74.3 Å². The van der Waals surface area contributed by atoms with E-state index in [0.717, 1.165) is 4.57 Å². The van der Waals surface area contributed by atoms with Crippen molar-refractivity contribution in [2.24, 2.45) is 0 Å². The molecule has 0 unspecified atom stereocenters. The number of aromatic amines is 2. The van der Waals surface area contributed by atoms with Crippen molar-refractivity contribution in [2.75, 3.05) is 6.61 Å². The minimum absolute atomic E-state index is 0.0378. The predicted octanol–water partition coefficient (Wildman–Crippen LogP) is -0.476. The highest BCUT2D eigenvalue weighted by Gasteiger charge is 2.41. The van der Waals surface area contributed by atoms with Crippen LogP contribution in [0.2, 0.25) is 0 Å². The van der Waals surface area contributed by atoms with E-state index in [4.69, 9.17) is 24.1 Å². The number of nitrogens with zero attached hydrogens (tertiary/aromatic N) is 5. The van der Waals surface area contributed by atoms with Gasteiger partial charge in [0.1, 0.15) is 37.0 Å². The molecule has 49 heavy (non-hydrogen) atoms. The Morgan fingerprint density at radius 3 is 2.16 bits per heavy atom. The van der Waals surface area contributed by atoms with Gasteiger partial charge < -0.3 is 29.4 Å². The van der Waals surface area contributed by atoms with Gasteiger partial charge in [-0.05, 0) is 20.3 Å². The molecule has 1 amide bonds. The van der Waals surface area contributed by atoms with Crippen LogP contribution >= 0.6 is 0 Å². The van der Waals surface area contributed by atoms with Gasteiger partial charge in [-0.1, -0.05) is 12.1 Å². The summed E-state index contributed by atoms with van der Waals surface area (Å²) in [4.78, 5) is 88.7. The molecule has 0 bridgehead atoms. The lowest BCUT2D eigenvalue weighted by Crippen LogP contribution is -2.35. The minimum Gasteiger partial charge on any atom is -0.481 e. The number of carboxylic acids is 1. The van der Waals surface area contributed by atoms with Gasteiger partial charge in [0.25, 0.3) is 11.1 Å². The molecule has 6 atom stereocenters. The molecular weight excluding hydrogens is 652 g/mol. The molecule has 2 aliphatic rings. The van der Waals surface area contributed by atoms with E-state index in [1.54, 1.807) is 17.8 Å². The fraction of sp³-hybridized carbons (Fsp3) is 0.552. The second-order valence-corrected chi connectivity index (χ2v) is 11.7. The van der Waals surface area contributed by atoms with Gasteiger partial charge in [0, 0.05) is 36.4 Å². The molecule has 0 saturated carbocycles. The lowest BCUT2D eigenvalue weighted by Gasteiger charge is -2.19. The van der Waals surface area contributed by atoms with Gasteiger partial charge in [-0.25, -0.2) is 19.1 Å². The fourth-order valence-corrected chi connectivity index (χ4v) is 5.64. The number of ether oxygens (including phenoxy) is 4. The first kappa shape index (κ1) is 35.0. The molecule has 264 valence electrons. The van der Waals surface area contributed by atoms with Crippen molar-refractivity contribution < 1.29 is 38.4 Å². The number of aromatic nitrogens is 7. The van der Waals surface area contributed by atoms with Crippen molar-refractivity contribution in [1.29, 1.82) is 0 Å². The van der Waals surface area contributed by atoms with Crippen molar-refractivity contribution >= 4 is 18.0 Å². The quantitative estimate of drug-likeness (QED) is 0.175. The van der Waals surface area contributed by atoms with Gasteiger partial charge in [-0.2, -0.15) is 0 Å². The van der Waals surface area contributed by atoms with E-state index in [1.807, 2.05) is 6.92 Å². The third kappa shape index (κ3) is 8.20. The number of alkyl carbamates (subject to hydrolysis) is 1. The van der Waals surface area contributed by atoms with Gasteiger partial charge in [-0.15, -0.1) is 5.10 Å². The van der Waals surface area contributed by atoms with E-state index in [9.17, 15) is 33.6 Å². The number of nitrogens with one attached hydrogen (secondary N) is 3. The molecule has 0 aromatic carbocycles. The van der Waals surface area contributed by atoms with Crippen LogP contribution in [0, 0.1) is 13.8 Å². The Labute approximate surface area is 275 Å². The molecule has 3 aromatic rings. The molecule has 2 saturated heterocycles. The molecule has 20 nitrogen and oxygen atoms in total. The Balaban J connectivity index is 1.18. The summed E-state index contributed by atoms with van der Waals surface area (Å²) in [5.74, 6) is -2.00. The first-order valence-corrected chi connectivity index (χ1v) is 15.5. The van der Waals surface area contributed by atoms with Gasteiger partial charge in [0.15, 0.2) is 0 Å².